The lowest BCUT2D eigenvalue weighted by Gasteiger charge is -2.45. The van der Waals surface area contributed by atoms with Gasteiger partial charge in [-0.3, -0.25) is 9.59 Å². The van der Waals surface area contributed by atoms with E-state index in [9.17, 15) is 9.59 Å². The highest BCUT2D eigenvalue weighted by molar-refractivity contribution is 6.99. The van der Waals surface area contributed by atoms with Crippen molar-refractivity contribution < 1.29 is 18.8 Å². The maximum atomic E-state index is 14.0. The lowest BCUT2D eigenvalue weighted by Crippen LogP contribution is -2.67. The van der Waals surface area contributed by atoms with Crippen LogP contribution in [0.25, 0.3) is 5.57 Å². The van der Waals surface area contributed by atoms with Crippen LogP contribution >= 0.6 is 0 Å². The Balaban J connectivity index is 1.84. The van der Waals surface area contributed by atoms with Crippen LogP contribution in [0.2, 0.25) is 5.04 Å². The summed E-state index contributed by atoms with van der Waals surface area (Å²) < 4.78 is 13.3. The van der Waals surface area contributed by atoms with E-state index in [2.05, 4.69) is 51.6 Å². The van der Waals surface area contributed by atoms with E-state index < -0.39 is 31.7 Å². The van der Waals surface area contributed by atoms with E-state index in [1.165, 1.54) is 0 Å². The quantitative estimate of drug-likeness (QED) is 0.102. The van der Waals surface area contributed by atoms with Crippen LogP contribution in [0.4, 0.5) is 0 Å². The number of carbonyl (C=O) groups is 2. The summed E-state index contributed by atoms with van der Waals surface area (Å²) in [5.74, 6) is -1.89. The van der Waals surface area contributed by atoms with Crippen LogP contribution in [-0.4, -0.2) is 32.8 Å². The van der Waals surface area contributed by atoms with Crippen LogP contribution in [0.1, 0.15) is 47.1 Å². The molecular weight excluding hydrogens is 512 g/mol. The molecule has 1 aliphatic rings. The van der Waals surface area contributed by atoms with Gasteiger partial charge in [-0.25, -0.2) is 0 Å². The summed E-state index contributed by atoms with van der Waals surface area (Å²) in [5, 5.41) is 2.02. The molecule has 0 radical (unpaired) electrons. The lowest BCUT2D eigenvalue weighted by molar-refractivity contribution is -0.145. The Kier molecular flexibility index (Phi) is 8.48. The Bertz CT molecular complexity index is 1350. The van der Waals surface area contributed by atoms with Crippen molar-refractivity contribution in [2.75, 3.05) is 6.61 Å². The molecule has 3 aromatic rings. The number of benzene rings is 3. The molecule has 208 valence electrons. The van der Waals surface area contributed by atoms with Crippen molar-refractivity contribution in [3.63, 3.8) is 0 Å². The first-order chi connectivity index (χ1) is 19.0. The SMILES string of the molecule is C=C(C(=O)C1C(=O)O[C@@H](/C(C)=C/C)[C@@]1(C)CO[Si](c1ccccc1)(c1ccccc1)C(C)(C)C)c1ccccc1. The van der Waals surface area contributed by atoms with E-state index in [4.69, 9.17) is 9.16 Å². The standard InChI is InChI=1S/C35H40O4Si/c1-8-25(2)32-35(7,30(33(37)39-32)31(36)26(3)27-18-12-9-13-19-27)24-38-40(34(4,5)6,28-20-14-10-15-21-28)29-22-16-11-17-23-29/h8-23,30,32H,3,24H2,1-2,4-7H3/b25-8+/t30?,32-,35-/m0/s1. The van der Waals surface area contributed by atoms with E-state index in [-0.39, 0.29) is 17.4 Å². The first-order valence-corrected chi connectivity index (χ1v) is 15.7. The summed E-state index contributed by atoms with van der Waals surface area (Å²) >= 11 is 0. The molecule has 0 bridgehead atoms. The first-order valence-electron chi connectivity index (χ1n) is 13.8. The van der Waals surface area contributed by atoms with Gasteiger partial charge in [-0.05, 0) is 40.4 Å². The van der Waals surface area contributed by atoms with Gasteiger partial charge in [-0.1, -0.05) is 131 Å². The topological polar surface area (TPSA) is 52.6 Å². The van der Waals surface area contributed by atoms with Gasteiger partial charge in [-0.2, -0.15) is 0 Å². The van der Waals surface area contributed by atoms with Gasteiger partial charge in [0.2, 0.25) is 0 Å². The van der Waals surface area contributed by atoms with Gasteiger partial charge in [0, 0.05) is 12.2 Å². The van der Waals surface area contributed by atoms with E-state index in [0.717, 1.165) is 15.9 Å². The second-order valence-corrected chi connectivity index (χ2v) is 16.3. The van der Waals surface area contributed by atoms with Crippen molar-refractivity contribution in [2.45, 2.75) is 52.7 Å². The summed E-state index contributed by atoms with van der Waals surface area (Å²) in [6.45, 7) is 16.7. The van der Waals surface area contributed by atoms with Crippen molar-refractivity contribution in [3.8, 4) is 0 Å². The Hall–Kier alpha value is -3.54. The highest BCUT2D eigenvalue weighted by Crippen LogP contribution is 2.48. The highest BCUT2D eigenvalue weighted by atomic mass is 28.4. The molecule has 0 N–H and O–H groups in total. The molecular formula is C35H40O4Si. The monoisotopic (exact) mass is 552 g/mol. The maximum absolute atomic E-state index is 14.0. The third-order valence-corrected chi connectivity index (χ3v) is 13.3. The molecule has 3 aromatic carbocycles. The zero-order chi connectivity index (χ0) is 29.1. The molecule has 1 saturated heterocycles. The summed E-state index contributed by atoms with van der Waals surface area (Å²) in [6, 6.07) is 30.0. The van der Waals surface area contributed by atoms with Crippen molar-refractivity contribution in [1.82, 2.24) is 0 Å². The summed E-state index contributed by atoms with van der Waals surface area (Å²) in [6.07, 6.45) is 1.35. The molecule has 0 aliphatic carbocycles. The fraction of sp³-hybridized carbons (Fsp3) is 0.314. The summed E-state index contributed by atoms with van der Waals surface area (Å²) in [7, 11) is -2.94. The normalized spacial score (nSPS) is 21.6. The molecule has 4 nitrogen and oxygen atoms in total. The van der Waals surface area contributed by atoms with E-state index in [0.29, 0.717) is 11.1 Å². The van der Waals surface area contributed by atoms with Crippen molar-refractivity contribution in [2.24, 2.45) is 11.3 Å². The van der Waals surface area contributed by atoms with Crippen LogP contribution in [0, 0.1) is 11.3 Å². The zero-order valence-corrected chi connectivity index (χ0v) is 25.4. The highest BCUT2D eigenvalue weighted by Gasteiger charge is 2.60. The van der Waals surface area contributed by atoms with Crippen molar-refractivity contribution >= 4 is 36.0 Å². The number of Topliss-reactive ketones (excluding diaryl/α,β-unsaturated/α-hetero) is 1. The van der Waals surface area contributed by atoms with Crippen molar-refractivity contribution in [1.29, 1.82) is 0 Å². The molecule has 1 unspecified atom stereocenters. The molecule has 5 heteroatoms. The molecule has 0 saturated carbocycles. The minimum Gasteiger partial charge on any atom is -0.457 e. The van der Waals surface area contributed by atoms with E-state index in [1.54, 1.807) is 0 Å². The maximum Gasteiger partial charge on any atom is 0.318 e. The number of esters is 1. The largest absolute Gasteiger partial charge is 0.457 e. The predicted octanol–water partition coefficient (Wildman–Crippen LogP) is 6.36. The first kappa shape index (κ1) is 29.4. The summed E-state index contributed by atoms with van der Waals surface area (Å²) in [5.41, 5.74) is 0.942. The molecule has 0 spiro atoms. The fourth-order valence-corrected chi connectivity index (χ4v) is 10.7. The van der Waals surface area contributed by atoms with Gasteiger partial charge < -0.3 is 9.16 Å². The number of ketones is 1. The Labute approximate surface area is 239 Å². The van der Waals surface area contributed by atoms with Gasteiger partial charge >= 0.3 is 5.97 Å². The van der Waals surface area contributed by atoms with Gasteiger partial charge in [0.05, 0.1) is 5.41 Å². The molecule has 0 amide bonds. The molecule has 1 aliphatic heterocycles. The van der Waals surface area contributed by atoms with Crippen LogP contribution in [0.5, 0.6) is 0 Å². The third-order valence-electron chi connectivity index (χ3n) is 8.30. The Morgan fingerprint density at radius 1 is 0.950 bits per heavy atom. The molecule has 3 atom stereocenters. The van der Waals surface area contributed by atoms with Gasteiger partial charge in [0.15, 0.2) is 5.78 Å². The second-order valence-electron chi connectivity index (χ2n) is 11.9. The van der Waals surface area contributed by atoms with Gasteiger partial charge in [0.1, 0.15) is 12.0 Å². The van der Waals surface area contributed by atoms with E-state index >= 15 is 0 Å². The number of allylic oxidation sites excluding steroid dienone is 2. The number of cyclic esters (lactones) is 1. The molecule has 4 rings (SSSR count). The number of hydrogen-bond acceptors (Lipinski definition) is 4. The Morgan fingerprint density at radius 2 is 1.43 bits per heavy atom. The molecule has 0 aromatic heterocycles. The summed E-state index contributed by atoms with van der Waals surface area (Å²) in [4.78, 5) is 27.5. The minimum atomic E-state index is -2.94. The van der Waals surface area contributed by atoms with Crippen LogP contribution in [-0.2, 0) is 18.8 Å². The van der Waals surface area contributed by atoms with Crippen LogP contribution in [0.15, 0.2) is 109 Å². The zero-order valence-electron chi connectivity index (χ0n) is 24.4. The predicted molar refractivity (Wildman–Crippen MR) is 165 cm³/mol. The van der Waals surface area contributed by atoms with Crippen molar-refractivity contribution in [3.05, 3.63) is 115 Å². The third kappa shape index (κ3) is 5.16. The Morgan fingerprint density at radius 3 is 1.88 bits per heavy atom. The second kappa shape index (κ2) is 11.5. The average molecular weight is 553 g/mol. The fourth-order valence-electron chi connectivity index (χ4n) is 6.05. The molecule has 40 heavy (non-hydrogen) atoms. The number of rotatable bonds is 9. The number of hydrogen-bond donors (Lipinski definition) is 0. The molecule has 1 heterocycles. The van der Waals surface area contributed by atoms with E-state index in [1.807, 2.05) is 93.6 Å². The lowest BCUT2D eigenvalue weighted by atomic mass is 9.70. The van der Waals surface area contributed by atoms with Crippen LogP contribution in [0.3, 0.4) is 0 Å². The minimum absolute atomic E-state index is 0.167. The number of ether oxygens (including phenoxy) is 1. The number of carbonyl (C=O) groups excluding carboxylic acids is 2. The van der Waals surface area contributed by atoms with Gasteiger partial charge in [0.25, 0.3) is 8.32 Å². The van der Waals surface area contributed by atoms with Crippen LogP contribution < -0.4 is 10.4 Å². The van der Waals surface area contributed by atoms with Gasteiger partial charge in [-0.15, -0.1) is 0 Å². The smallest absolute Gasteiger partial charge is 0.318 e. The average Bonchev–Trinajstić information content (AvgIpc) is 3.22. The molecule has 1 fully saturated rings.